The van der Waals surface area contributed by atoms with Gasteiger partial charge in [0.25, 0.3) is 5.91 Å². The standard InChI is InChI=1S/C19H20BrNO5/c1-11-5-8-17(15(20)9-11)26-12(2)18(22)21-16-7-6-13(24-3)10-14(16)19(23)25-4/h5-10,12H,1-4H3,(H,21,22). The van der Waals surface area contributed by atoms with Gasteiger partial charge in [0, 0.05) is 0 Å². The smallest absolute Gasteiger partial charge is 0.340 e. The molecule has 1 unspecified atom stereocenters. The first-order chi connectivity index (χ1) is 12.3. The van der Waals surface area contributed by atoms with Crippen LogP contribution in [0, 0.1) is 6.92 Å². The van der Waals surface area contributed by atoms with Gasteiger partial charge in [-0.15, -0.1) is 0 Å². The highest BCUT2D eigenvalue weighted by molar-refractivity contribution is 9.10. The molecule has 0 spiro atoms. The zero-order chi connectivity index (χ0) is 19.3. The maximum Gasteiger partial charge on any atom is 0.340 e. The minimum atomic E-state index is -0.776. The van der Waals surface area contributed by atoms with Crippen molar-refractivity contribution in [3.05, 3.63) is 52.0 Å². The molecule has 1 amide bonds. The van der Waals surface area contributed by atoms with Crippen LogP contribution >= 0.6 is 15.9 Å². The molecule has 0 heterocycles. The lowest BCUT2D eigenvalue weighted by molar-refractivity contribution is -0.122. The molecule has 0 bridgehead atoms. The minimum absolute atomic E-state index is 0.198. The molecule has 0 aromatic heterocycles. The second kappa shape index (κ2) is 8.71. The fourth-order valence-electron chi connectivity index (χ4n) is 2.22. The van der Waals surface area contributed by atoms with E-state index in [-0.39, 0.29) is 5.56 Å². The van der Waals surface area contributed by atoms with Gasteiger partial charge in [-0.2, -0.15) is 0 Å². The van der Waals surface area contributed by atoms with Crippen molar-refractivity contribution in [3.63, 3.8) is 0 Å². The molecule has 2 aromatic rings. The van der Waals surface area contributed by atoms with Gasteiger partial charge < -0.3 is 19.5 Å². The number of aryl methyl sites for hydroxylation is 1. The molecule has 0 radical (unpaired) electrons. The monoisotopic (exact) mass is 421 g/mol. The van der Waals surface area contributed by atoms with Crippen LogP contribution in [0.3, 0.4) is 0 Å². The largest absolute Gasteiger partial charge is 0.497 e. The molecule has 2 aromatic carbocycles. The predicted octanol–water partition coefficient (Wildman–Crippen LogP) is 3.96. The Hall–Kier alpha value is -2.54. The number of anilines is 1. The maximum atomic E-state index is 12.5. The number of methoxy groups -OCH3 is 2. The van der Waals surface area contributed by atoms with Crippen LogP contribution in [0.4, 0.5) is 5.69 Å². The number of nitrogens with one attached hydrogen (secondary N) is 1. The molecular formula is C19H20BrNO5. The number of benzene rings is 2. The van der Waals surface area contributed by atoms with Crippen LogP contribution in [0.2, 0.25) is 0 Å². The van der Waals surface area contributed by atoms with Gasteiger partial charge in [-0.05, 0) is 65.7 Å². The Bertz CT molecular complexity index is 822. The average Bonchev–Trinajstić information content (AvgIpc) is 2.63. The first kappa shape index (κ1) is 19.8. The van der Waals surface area contributed by atoms with E-state index in [0.29, 0.717) is 17.2 Å². The molecule has 138 valence electrons. The van der Waals surface area contributed by atoms with Gasteiger partial charge in [-0.1, -0.05) is 6.07 Å². The van der Waals surface area contributed by atoms with Crippen molar-refractivity contribution < 1.29 is 23.8 Å². The van der Waals surface area contributed by atoms with Gasteiger partial charge in [-0.3, -0.25) is 4.79 Å². The maximum absolute atomic E-state index is 12.5. The summed E-state index contributed by atoms with van der Waals surface area (Å²) in [5.74, 6) is 0.0688. The van der Waals surface area contributed by atoms with Crippen LogP contribution < -0.4 is 14.8 Å². The molecule has 0 saturated heterocycles. The molecule has 0 saturated carbocycles. The molecule has 26 heavy (non-hydrogen) atoms. The summed E-state index contributed by atoms with van der Waals surface area (Å²) in [5.41, 5.74) is 1.59. The van der Waals surface area contributed by atoms with Crippen LogP contribution in [-0.2, 0) is 9.53 Å². The number of esters is 1. The molecule has 0 aliphatic heterocycles. The van der Waals surface area contributed by atoms with Gasteiger partial charge >= 0.3 is 5.97 Å². The minimum Gasteiger partial charge on any atom is -0.497 e. The number of rotatable bonds is 6. The highest BCUT2D eigenvalue weighted by Gasteiger charge is 2.20. The van der Waals surface area contributed by atoms with E-state index in [4.69, 9.17) is 14.2 Å². The first-order valence-electron chi connectivity index (χ1n) is 7.85. The second-order valence-corrected chi connectivity index (χ2v) is 6.44. The summed E-state index contributed by atoms with van der Waals surface area (Å²) < 4.78 is 16.3. The molecule has 0 aliphatic carbocycles. The Labute approximate surface area is 160 Å². The van der Waals surface area contributed by atoms with Crippen molar-refractivity contribution in [2.45, 2.75) is 20.0 Å². The Morgan fingerprint density at radius 2 is 1.85 bits per heavy atom. The molecule has 0 aliphatic rings. The van der Waals surface area contributed by atoms with Crippen LogP contribution in [0.5, 0.6) is 11.5 Å². The van der Waals surface area contributed by atoms with E-state index in [1.807, 2.05) is 19.1 Å². The first-order valence-corrected chi connectivity index (χ1v) is 8.65. The van der Waals surface area contributed by atoms with E-state index in [9.17, 15) is 9.59 Å². The molecular weight excluding hydrogens is 402 g/mol. The highest BCUT2D eigenvalue weighted by atomic mass is 79.9. The van der Waals surface area contributed by atoms with Crippen molar-refractivity contribution in [1.29, 1.82) is 0 Å². The lowest BCUT2D eigenvalue weighted by Gasteiger charge is -2.17. The number of halogens is 1. The van der Waals surface area contributed by atoms with Crippen molar-refractivity contribution in [1.82, 2.24) is 0 Å². The molecule has 1 N–H and O–H groups in total. The topological polar surface area (TPSA) is 73.9 Å². The third-order valence-corrected chi connectivity index (χ3v) is 4.27. The third-order valence-electron chi connectivity index (χ3n) is 3.65. The summed E-state index contributed by atoms with van der Waals surface area (Å²) >= 11 is 3.42. The number of hydrogen-bond acceptors (Lipinski definition) is 5. The summed E-state index contributed by atoms with van der Waals surface area (Å²) in [4.78, 5) is 24.4. The number of carbonyl (C=O) groups excluding carboxylic acids is 2. The van der Waals surface area contributed by atoms with Gasteiger partial charge in [-0.25, -0.2) is 4.79 Å². The average molecular weight is 422 g/mol. The Kier molecular flexibility index (Phi) is 6.63. The summed E-state index contributed by atoms with van der Waals surface area (Å²) in [6.45, 7) is 3.59. The van der Waals surface area contributed by atoms with E-state index in [2.05, 4.69) is 21.2 Å². The van der Waals surface area contributed by atoms with Crippen molar-refractivity contribution >= 4 is 33.5 Å². The van der Waals surface area contributed by atoms with E-state index in [1.54, 1.807) is 25.1 Å². The van der Waals surface area contributed by atoms with Gasteiger partial charge in [0.2, 0.25) is 0 Å². The SMILES string of the molecule is COC(=O)c1cc(OC)ccc1NC(=O)C(C)Oc1ccc(C)cc1Br. The quantitative estimate of drug-likeness (QED) is 0.714. The van der Waals surface area contributed by atoms with Crippen molar-refractivity contribution in [3.8, 4) is 11.5 Å². The van der Waals surface area contributed by atoms with E-state index < -0.39 is 18.0 Å². The number of hydrogen-bond donors (Lipinski definition) is 1. The number of ether oxygens (including phenoxy) is 3. The molecule has 2 rings (SSSR count). The van der Waals surface area contributed by atoms with E-state index >= 15 is 0 Å². The zero-order valence-electron chi connectivity index (χ0n) is 15.0. The summed E-state index contributed by atoms with van der Waals surface area (Å²) in [5, 5.41) is 2.69. The van der Waals surface area contributed by atoms with E-state index in [1.165, 1.54) is 20.3 Å². The Morgan fingerprint density at radius 3 is 2.46 bits per heavy atom. The zero-order valence-corrected chi connectivity index (χ0v) is 16.5. The van der Waals surface area contributed by atoms with Crippen LogP contribution in [0.1, 0.15) is 22.8 Å². The molecule has 7 heteroatoms. The van der Waals surface area contributed by atoms with Crippen molar-refractivity contribution in [2.24, 2.45) is 0 Å². The molecule has 1 atom stereocenters. The number of carbonyl (C=O) groups is 2. The normalized spacial score (nSPS) is 11.4. The lowest BCUT2D eigenvalue weighted by Crippen LogP contribution is -2.31. The van der Waals surface area contributed by atoms with Crippen LogP contribution in [0.25, 0.3) is 0 Å². The van der Waals surface area contributed by atoms with Crippen LogP contribution in [-0.4, -0.2) is 32.2 Å². The predicted molar refractivity (Wildman–Crippen MR) is 102 cm³/mol. The third kappa shape index (κ3) is 4.76. The van der Waals surface area contributed by atoms with Gasteiger partial charge in [0.05, 0.1) is 29.9 Å². The Balaban J connectivity index is 2.17. The summed E-state index contributed by atoms with van der Waals surface area (Å²) in [7, 11) is 2.76. The fourth-order valence-corrected chi connectivity index (χ4v) is 2.80. The Morgan fingerprint density at radius 1 is 1.12 bits per heavy atom. The number of amides is 1. The van der Waals surface area contributed by atoms with Crippen molar-refractivity contribution in [2.75, 3.05) is 19.5 Å². The summed E-state index contributed by atoms with van der Waals surface area (Å²) in [6, 6.07) is 10.3. The highest BCUT2D eigenvalue weighted by Crippen LogP contribution is 2.27. The van der Waals surface area contributed by atoms with E-state index in [0.717, 1.165) is 10.0 Å². The van der Waals surface area contributed by atoms with Crippen LogP contribution in [0.15, 0.2) is 40.9 Å². The summed E-state index contributed by atoms with van der Waals surface area (Å²) in [6.07, 6.45) is -0.776. The second-order valence-electron chi connectivity index (χ2n) is 5.59. The fraction of sp³-hybridized carbons (Fsp3) is 0.263. The molecule has 0 fully saturated rings. The van der Waals surface area contributed by atoms with Gasteiger partial charge in [0.15, 0.2) is 6.10 Å². The molecule has 6 nitrogen and oxygen atoms in total. The van der Waals surface area contributed by atoms with Gasteiger partial charge in [0.1, 0.15) is 11.5 Å². The lowest BCUT2D eigenvalue weighted by atomic mass is 10.1.